The van der Waals surface area contributed by atoms with Gasteiger partial charge < -0.3 is 29.6 Å². The summed E-state index contributed by atoms with van der Waals surface area (Å²) in [6.45, 7) is 0. The van der Waals surface area contributed by atoms with Crippen LogP contribution in [0.15, 0.2) is 91.1 Å². The molecule has 0 aliphatic carbocycles. The largest absolute Gasteiger partial charge is 0.508 e. The molecule has 10 heteroatoms. The number of hydrogen-bond donors (Lipinski definition) is 3. The molecule has 10 nitrogen and oxygen atoms in total. The molecule has 0 fully saturated rings. The lowest BCUT2D eigenvalue weighted by Gasteiger charge is -2.17. The van der Waals surface area contributed by atoms with Gasteiger partial charge in [-0.25, -0.2) is 14.8 Å². The van der Waals surface area contributed by atoms with Gasteiger partial charge >= 0.3 is 5.97 Å². The first kappa shape index (κ1) is 29.2. The average molecular weight is 603 g/mol. The Bertz CT molecular complexity index is 2050. The van der Waals surface area contributed by atoms with E-state index in [-0.39, 0.29) is 12.2 Å². The maximum Gasteiger partial charge on any atom is 0.328 e. The number of carbonyl (C=O) groups excluding carboxylic acids is 2. The molecule has 0 saturated heterocycles. The van der Waals surface area contributed by atoms with Gasteiger partial charge in [0.25, 0.3) is 5.91 Å². The number of aromatic amines is 1. The Morgan fingerprint density at radius 2 is 1.49 bits per heavy atom. The Labute approximate surface area is 258 Å². The molecule has 4 aromatic carbocycles. The van der Waals surface area contributed by atoms with Crippen molar-refractivity contribution in [3.8, 4) is 39.8 Å². The minimum atomic E-state index is -0.978. The molecule has 1 amide bonds. The predicted octanol–water partition coefficient (Wildman–Crippen LogP) is 5.68. The standard InChI is InChI=1S/C35H30N4O6/c1-43-25-8-4-6-20(14-25)32-33(21-7-5-9-26(15-21)44-2)38-30-16-22(10-12-29(30)37-32)34(41)39-31(35(42)45-3)17-23-19-36-28-13-11-24(40)18-27(23)28/h4-16,18-19,31,36,40H,17H2,1-3H3,(H,39,41)/t31-/m0/s1. The van der Waals surface area contributed by atoms with Crippen LogP contribution >= 0.6 is 0 Å². The molecule has 0 aliphatic rings. The first-order valence-corrected chi connectivity index (χ1v) is 14.1. The number of amides is 1. The summed E-state index contributed by atoms with van der Waals surface area (Å²) in [4.78, 5) is 39.3. The summed E-state index contributed by atoms with van der Waals surface area (Å²) < 4.78 is 15.9. The zero-order valence-corrected chi connectivity index (χ0v) is 24.8. The molecule has 6 aromatic rings. The first-order valence-electron chi connectivity index (χ1n) is 14.1. The van der Waals surface area contributed by atoms with E-state index < -0.39 is 17.9 Å². The number of aromatic nitrogens is 3. The molecule has 2 aromatic heterocycles. The van der Waals surface area contributed by atoms with Crippen molar-refractivity contribution in [2.75, 3.05) is 21.3 Å². The number of methoxy groups -OCH3 is 3. The fourth-order valence-corrected chi connectivity index (χ4v) is 5.27. The number of esters is 1. The van der Waals surface area contributed by atoms with E-state index in [9.17, 15) is 14.7 Å². The van der Waals surface area contributed by atoms with Gasteiger partial charge in [0.2, 0.25) is 0 Å². The highest BCUT2D eigenvalue weighted by Crippen LogP contribution is 2.34. The number of nitrogens with zero attached hydrogens (tertiary/aromatic N) is 2. The quantitative estimate of drug-likeness (QED) is 0.180. The Kier molecular flexibility index (Phi) is 8.03. The first-order chi connectivity index (χ1) is 21.9. The van der Waals surface area contributed by atoms with E-state index in [1.807, 2.05) is 48.5 Å². The van der Waals surface area contributed by atoms with Crippen molar-refractivity contribution in [1.29, 1.82) is 0 Å². The van der Waals surface area contributed by atoms with E-state index in [4.69, 9.17) is 24.2 Å². The summed E-state index contributed by atoms with van der Waals surface area (Å²) in [5.74, 6) is 0.376. The molecule has 1 atom stereocenters. The molecule has 6 rings (SSSR count). The third kappa shape index (κ3) is 5.98. The number of fused-ring (bicyclic) bond motifs is 2. The molecule has 3 N–H and O–H groups in total. The average Bonchev–Trinajstić information content (AvgIpc) is 3.47. The number of hydrogen-bond acceptors (Lipinski definition) is 8. The number of rotatable bonds is 9. The number of phenolic OH excluding ortho intramolecular Hbond substituents is 1. The molecule has 45 heavy (non-hydrogen) atoms. The van der Waals surface area contributed by atoms with Crippen molar-refractivity contribution in [1.82, 2.24) is 20.3 Å². The van der Waals surface area contributed by atoms with Crippen LogP contribution in [0.2, 0.25) is 0 Å². The van der Waals surface area contributed by atoms with Gasteiger partial charge in [0.05, 0.1) is 43.8 Å². The highest BCUT2D eigenvalue weighted by molar-refractivity contribution is 6.00. The predicted molar refractivity (Wildman–Crippen MR) is 170 cm³/mol. The Morgan fingerprint density at radius 3 is 2.13 bits per heavy atom. The topological polar surface area (TPSA) is 136 Å². The summed E-state index contributed by atoms with van der Waals surface area (Å²) in [5.41, 5.74) is 5.76. The number of H-pyrrole nitrogens is 1. The molecule has 0 aliphatic heterocycles. The van der Waals surface area contributed by atoms with Gasteiger partial charge in [-0.1, -0.05) is 24.3 Å². The van der Waals surface area contributed by atoms with E-state index in [2.05, 4.69) is 10.3 Å². The summed E-state index contributed by atoms with van der Waals surface area (Å²) in [5, 5.41) is 13.5. The number of phenols is 1. The number of ether oxygens (including phenoxy) is 3. The van der Waals surface area contributed by atoms with Crippen LogP contribution in [0.3, 0.4) is 0 Å². The zero-order chi connectivity index (χ0) is 31.5. The SMILES string of the molecule is COC(=O)[C@H](Cc1c[nH]c2ccc(O)cc12)NC(=O)c1ccc2nc(-c3cccc(OC)c3)c(-c3cccc(OC)c3)nc2c1. The molecular formula is C35H30N4O6. The van der Waals surface area contributed by atoms with Crippen molar-refractivity contribution in [3.05, 3.63) is 102 Å². The monoisotopic (exact) mass is 602 g/mol. The van der Waals surface area contributed by atoms with Crippen LogP contribution in [0.4, 0.5) is 0 Å². The van der Waals surface area contributed by atoms with Crippen LogP contribution in [0, 0.1) is 0 Å². The second-order valence-electron chi connectivity index (χ2n) is 10.4. The van der Waals surface area contributed by atoms with Crippen molar-refractivity contribution in [2.24, 2.45) is 0 Å². The van der Waals surface area contributed by atoms with Gasteiger partial charge in [-0.2, -0.15) is 0 Å². The van der Waals surface area contributed by atoms with Crippen molar-refractivity contribution in [2.45, 2.75) is 12.5 Å². The smallest absolute Gasteiger partial charge is 0.328 e. The van der Waals surface area contributed by atoms with Crippen LogP contribution in [-0.2, 0) is 16.0 Å². The van der Waals surface area contributed by atoms with Crippen molar-refractivity contribution >= 4 is 33.8 Å². The lowest BCUT2D eigenvalue weighted by molar-refractivity contribution is -0.142. The number of aromatic hydroxyl groups is 1. The van der Waals surface area contributed by atoms with Crippen LogP contribution in [0.5, 0.6) is 17.2 Å². The molecular weight excluding hydrogens is 572 g/mol. The third-order valence-corrected chi connectivity index (χ3v) is 7.58. The molecule has 226 valence electrons. The minimum absolute atomic E-state index is 0.0992. The van der Waals surface area contributed by atoms with Crippen LogP contribution in [0.25, 0.3) is 44.5 Å². The lowest BCUT2D eigenvalue weighted by atomic mass is 10.0. The minimum Gasteiger partial charge on any atom is -0.508 e. The van der Waals surface area contributed by atoms with Gasteiger partial charge in [0.1, 0.15) is 23.3 Å². The van der Waals surface area contributed by atoms with Crippen molar-refractivity contribution in [3.63, 3.8) is 0 Å². The highest BCUT2D eigenvalue weighted by atomic mass is 16.5. The second-order valence-corrected chi connectivity index (χ2v) is 10.4. The Hall–Kier alpha value is -5.90. The van der Waals surface area contributed by atoms with E-state index >= 15 is 0 Å². The lowest BCUT2D eigenvalue weighted by Crippen LogP contribution is -2.43. The number of benzene rings is 4. The second kappa shape index (κ2) is 12.4. The van der Waals surface area contributed by atoms with E-state index in [1.165, 1.54) is 7.11 Å². The third-order valence-electron chi connectivity index (χ3n) is 7.58. The molecule has 0 bridgehead atoms. The van der Waals surface area contributed by atoms with Gasteiger partial charge in [-0.3, -0.25) is 4.79 Å². The van der Waals surface area contributed by atoms with Crippen LogP contribution in [0.1, 0.15) is 15.9 Å². The molecule has 0 radical (unpaired) electrons. The maximum atomic E-state index is 13.5. The number of carbonyl (C=O) groups is 2. The van der Waals surface area contributed by atoms with E-state index in [1.54, 1.807) is 56.8 Å². The fraction of sp³-hybridized carbons (Fsp3) is 0.143. The Morgan fingerprint density at radius 1 is 0.822 bits per heavy atom. The van der Waals surface area contributed by atoms with Gasteiger partial charge in [0, 0.05) is 40.2 Å². The molecule has 0 spiro atoms. The summed E-state index contributed by atoms with van der Waals surface area (Å²) >= 11 is 0. The molecule has 2 heterocycles. The summed E-state index contributed by atoms with van der Waals surface area (Å²) in [7, 11) is 4.48. The van der Waals surface area contributed by atoms with E-state index in [0.29, 0.717) is 39.5 Å². The summed E-state index contributed by atoms with van der Waals surface area (Å²) in [6.07, 6.45) is 1.90. The van der Waals surface area contributed by atoms with Crippen LogP contribution in [-0.4, -0.2) is 59.3 Å². The maximum absolute atomic E-state index is 13.5. The summed E-state index contributed by atoms with van der Waals surface area (Å²) in [6, 6.07) is 24.1. The number of nitrogens with one attached hydrogen (secondary N) is 2. The molecule has 0 unspecified atom stereocenters. The van der Waals surface area contributed by atoms with Crippen molar-refractivity contribution < 1.29 is 28.9 Å². The fourth-order valence-electron chi connectivity index (χ4n) is 5.27. The van der Waals surface area contributed by atoms with Gasteiger partial charge in [-0.05, 0) is 66.2 Å². The molecule has 0 saturated carbocycles. The Balaban J connectivity index is 1.37. The van der Waals surface area contributed by atoms with Gasteiger partial charge in [0.15, 0.2) is 0 Å². The highest BCUT2D eigenvalue weighted by Gasteiger charge is 2.25. The normalized spacial score (nSPS) is 11.7. The van der Waals surface area contributed by atoms with Gasteiger partial charge in [-0.15, -0.1) is 0 Å². The van der Waals surface area contributed by atoms with E-state index in [0.717, 1.165) is 27.6 Å². The zero-order valence-electron chi connectivity index (χ0n) is 24.8. The van der Waals surface area contributed by atoms with Crippen LogP contribution < -0.4 is 14.8 Å².